The number of ether oxygens (including phenoxy) is 3. The maximum absolute atomic E-state index is 13.6. The Bertz CT molecular complexity index is 1390. The van der Waals surface area contributed by atoms with Crippen LogP contribution in [0.5, 0.6) is 11.5 Å². The number of carbonyl (C=O) groups is 1. The van der Waals surface area contributed by atoms with Gasteiger partial charge in [-0.15, -0.1) is 11.3 Å². The van der Waals surface area contributed by atoms with Crippen molar-refractivity contribution in [2.24, 2.45) is 0 Å². The molecule has 2 aromatic carbocycles. The van der Waals surface area contributed by atoms with Crippen LogP contribution >= 0.6 is 11.3 Å². The van der Waals surface area contributed by atoms with Crippen LogP contribution in [0.15, 0.2) is 78.4 Å². The Kier molecular flexibility index (Phi) is 7.74. The van der Waals surface area contributed by atoms with E-state index in [1.54, 1.807) is 17.5 Å². The zero-order chi connectivity index (χ0) is 26.4. The Hall–Kier alpha value is -3.88. The number of hydrogen-bond acceptors (Lipinski definition) is 7. The summed E-state index contributed by atoms with van der Waals surface area (Å²) in [5.74, 6) is 1.41. The van der Waals surface area contributed by atoms with E-state index in [2.05, 4.69) is 33.5 Å². The molecule has 200 valence electrons. The van der Waals surface area contributed by atoms with Crippen LogP contribution < -0.4 is 14.4 Å². The number of pyridine rings is 1. The van der Waals surface area contributed by atoms with Crippen molar-refractivity contribution in [1.82, 2.24) is 9.88 Å². The minimum absolute atomic E-state index is 0.00748. The van der Waals surface area contributed by atoms with Crippen molar-refractivity contribution < 1.29 is 19.0 Å². The van der Waals surface area contributed by atoms with Crippen molar-refractivity contribution in [1.29, 1.82) is 0 Å². The van der Waals surface area contributed by atoms with Gasteiger partial charge < -0.3 is 24.0 Å². The van der Waals surface area contributed by atoms with Crippen LogP contribution in [0.3, 0.4) is 0 Å². The zero-order valence-electron chi connectivity index (χ0n) is 21.8. The Morgan fingerprint density at radius 2 is 1.85 bits per heavy atom. The lowest BCUT2D eigenvalue weighted by atomic mass is 10.0. The minimum atomic E-state index is -0.00748. The average Bonchev–Trinajstić information content (AvgIpc) is 3.42. The van der Waals surface area contributed by atoms with Crippen LogP contribution in [-0.2, 0) is 17.7 Å². The predicted octanol–water partition coefficient (Wildman–Crippen LogP) is 5.30. The van der Waals surface area contributed by atoms with Gasteiger partial charge in [0.15, 0.2) is 11.5 Å². The molecule has 1 saturated heterocycles. The summed E-state index contributed by atoms with van der Waals surface area (Å²) in [6, 6.07) is 20.1. The largest absolute Gasteiger partial charge is 0.489 e. The van der Waals surface area contributed by atoms with Gasteiger partial charge in [-0.25, -0.2) is 0 Å². The lowest BCUT2D eigenvalue weighted by molar-refractivity contribution is 0.0733. The Labute approximate surface area is 232 Å². The van der Waals surface area contributed by atoms with Crippen molar-refractivity contribution in [2.75, 3.05) is 51.0 Å². The normalized spacial score (nSPS) is 15.3. The van der Waals surface area contributed by atoms with E-state index in [9.17, 15) is 4.79 Å². The average molecular weight is 542 g/mol. The third-order valence-electron chi connectivity index (χ3n) is 7.06. The van der Waals surface area contributed by atoms with Crippen molar-refractivity contribution >= 4 is 22.9 Å². The SMILES string of the molecule is O=C(c1ccc(N2CCOCC2)cc1)N1CCOc2c(cc(-c3cccnc3)cc2OCCc2cccs2)C1. The van der Waals surface area contributed by atoms with Gasteiger partial charge in [0, 0.05) is 65.7 Å². The first-order chi connectivity index (χ1) is 19.2. The quantitative estimate of drug-likeness (QED) is 0.316. The van der Waals surface area contributed by atoms with E-state index in [1.165, 1.54) is 4.88 Å². The van der Waals surface area contributed by atoms with Gasteiger partial charge in [0.25, 0.3) is 5.91 Å². The van der Waals surface area contributed by atoms with Gasteiger partial charge in [-0.05, 0) is 59.5 Å². The van der Waals surface area contributed by atoms with E-state index in [-0.39, 0.29) is 5.91 Å². The smallest absolute Gasteiger partial charge is 0.254 e. The number of anilines is 1. The van der Waals surface area contributed by atoms with Crippen LogP contribution in [0.1, 0.15) is 20.8 Å². The summed E-state index contributed by atoms with van der Waals surface area (Å²) < 4.78 is 18.0. The molecule has 8 heteroatoms. The molecule has 0 saturated carbocycles. The molecule has 0 bridgehead atoms. The Balaban J connectivity index is 1.24. The van der Waals surface area contributed by atoms with Gasteiger partial charge in [-0.1, -0.05) is 12.1 Å². The summed E-state index contributed by atoms with van der Waals surface area (Å²) in [6.07, 6.45) is 4.43. The fourth-order valence-corrected chi connectivity index (χ4v) is 5.69. The highest BCUT2D eigenvalue weighted by Crippen LogP contribution is 2.39. The molecule has 7 nitrogen and oxygen atoms in total. The molecule has 2 aliphatic heterocycles. The van der Waals surface area contributed by atoms with E-state index >= 15 is 0 Å². The van der Waals surface area contributed by atoms with Crippen LogP contribution in [0.2, 0.25) is 0 Å². The first-order valence-corrected chi connectivity index (χ1v) is 14.2. The van der Waals surface area contributed by atoms with Gasteiger partial charge in [0.05, 0.1) is 26.4 Å². The van der Waals surface area contributed by atoms with Gasteiger partial charge in [0.2, 0.25) is 0 Å². The topological polar surface area (TPSA) is 64.1 Å². The number of amides is 1. The molecule has 0 unspecified atom stereocenters. The molecule has 2 aliphatic rings. The highest BCUT2D eigenvalue weighted by atomic mass is 32.1. The number of benzene rings is 2. The van der Waals surface area contributed by atoms with Gasteiger partial charge in [0.1, 0.15) is 6.61 Å². The van der Waals surface area contributed by atoms with Gasteiger partial charge in [-0.2, -0.15) is 0 Å². The zero-order valence-corrected chi connectivity index (χ0v) is 22.6. The number of morpholine rings is 1. The fraction of sp³-hybridized carbons (Fsp3) is 0.290. The molecule has 0 aliphatic carbocycles. The van der Waals surface area contributed by atoms with Crippen molar-refractivity contribution in [3.05, 3.63) is 94.4 Å². The van der Waals surface area contributed by atoms with Crippen molar-refractivity contribution in [3.8, 4) is 22.6 Å². The van der Waals surface area contributed by atoms with Gasteiger partial charge >= 0.3 is 0 Å². The second-order valence-electron chi connectivity index (χ2n) is 9.60. The third kappa shape index (κ3) is 5.92. The first-order valence-electron chi connectivity index (χ1n) is 13.3. The Morgan fingerprint density at radius 1 is 0.974 bits per heavy atom. The molecule has 4 aromatic rings. The summed E-state index contributed by atoms with van der Waals surface area (Å²) in [4.78, 5) is 23.3. The molecular formula is C31H31N3O4S. The molecule has 4 heterocycles. The lowest BCUT2D eigenvalue weighted by Gasteiger charge is -2.29. The number of rotatable bonds is 7. The molecule has 1 amide bonds. The molecule has 0 atom stereocenters. The number of carbonyl (C=O) groups excluding carboxylic acids is 1. The van der Waals surface area contributed by atoms with Gasteiger partial charge in [-0.3, -0.25) is 9.78 Å². The Morgan fingerprint density at radius 3 is 2.62 bits per heavy atom. The van der Waals surface area contributed by atoms with Crippen molar-refractivity contribution in [2.45, 2.75) is 13.0 Å². The number of hydrogen-bond donors (Lipinski definition) is 0. The van der Waals surface area contributed by atoms with E-state index in [0.29, 0.717) is 43.4 Å². The van der Waals surface area contributed by atoms with Crippen LogP contribution in [0.25, 0.3) is 11.1 Å². The molecule has 0 spiro atoms. The highest BCUT2D eigenvalue weighted by molar-refractivity contribution is 7.09. The molecule has 0 radical (unpaired) electrons. The summed E-state index contributed by atoms with van der Waals surface area (Å²) in [5.41, 5.74) is 4.69. The third-order valence-corrected chi connectivity index (χ3v) is 8.00. The lowest BCUT2D eigenvalue weighted by Crippen LogP contribution is -2.36. The molecule has 1 fully saturated rings. The molecule has 6 rings (SSSR count). The second kappa shape index (κ2) is 11.9. The van der Waals surface area contributed by atoms with E-state index < -0.39 is 0 Å². The van der Waals surface area contributed by atoms with E-state index in [0.717, 1.165) is 55.1 Å². The van der Waals surface area contributed by atoms with Crippen LogP contribution in [0.4, 0.5) is 5.69 Å². The van der Waals surface area contributed by atoms with Crippen molar-refractivity contribution in [3.63, 3.8) is 0 Å². The second-order valence-corrected chi connectivity index (χ2v) is 10.6. The number of thiophene rings is 1. The molecule has 39 heavy (non-hydrogen) atoms. The standard InChI is InChI=1S/C31H31N3O4S/c35-31(23-5-7-27(8-6-23)33-11-15-36-16-12-33)34-13-17-38-30-26(22-34)19-25(24-3-1-10-32-21-24)20-29(30)37-14-9-28-4-2-18-39-28/h1-8,10,18-21H,9,11-17,22H2. The maximum Gasteiger partial charge on any atom is 0.254 e. The summed E-state index contributed by atoms with van der Waals surface area (Å²) >= 11 is 1.73. The highest BCUT2D eigenvalue weighted by Gasteiger charge is 2.25. The fourth-order valence-electron chi connectivity index (χ4n) is 5.00. The molecular weight excluding hydrogens is 510 g/mol. The van der Waals surface area contributed by atoms with Crippen LogP contribution in [0, 0.1) is 0 Å². The summed E-state index contributed by atoms with van der Waals surface area (Å²) in [5, 5.41) is 2.08. The monoisotopic (exact) mass is 541 g/mol. The number of aromatic nitrogens is 1. The number of nitrogens with zero attached hydrogens (tertiary/aromatic N) is 3. The predicted molar refractivity (Wildman–Crippen MR) is 153 cm³/mol. The molecule has 0 N–H and O–H groups in total. The summed E-state index contributed by atoms with van der Waals surface area (Å²) in [6.45, 7) is 5.08. The van der Waals surface area contributed by atoms with E-state index in [4.69, 9.17) is 14.2 Å². The maximum atomic E-state index is 13.6. The van der Waals surface area contributed by atoms with E-state index in [1.807, 2.05) is 53.6 Å². The minimum Gasteiger partial charge on any atom is -0.489 e. The molecule has 2 aromatic heterocycles. The summed E-state index contributed by atoms with van der Waals surface area (Å²) in [7, 11) is 0. The first kappa shape index (κ1) is 25.4. The van der Waals surface area contributed by atoms with Crippen LogP contribution in [-0.4, -0.2) is 61.9 Å². The number of fused-ring (bicyclic) bond motifs is 1.